The Labute approximate surface area is 186 Å². The van der Waals surface area contributed by atoms with Crippen LogP contribution in [0.2, 0.25) is 5.02 Å². The van der Waals surface area contributed by atoms with Crippen molar-refractivity contribution in [2.45, 2.75) is 25.4 Å². The maximum atomic E-state index is 11.7. The van der Waals surface area contributed by atoms with Crippen molar-refractivity contribution >= 4 is 23.3 Å². The van der Waals surface area contributed by atoms with E-state index >= 15 is 0 Å². The fourth-order valence-electron chi connectivity index (χ4n) is 3.67. The molecule has 0 aliphatic carbocycles. The van der Waals surface area contributed by atoms with Crippen molar-refractivity contribution in [1.82, 2.24) is 0 Å². The van der Waals surface area contributed by atoms with Crippen molar-refractivity contribution in [2.24, 2.45) is 0 Å². The monoisotopic (exact) mass is 437 g/mol. The summed E-state index contributed by atoms with van der Waals surface area (Å²) >= 11 is 6.14. The zero-order valence-electron chi connectivity index (χ0n) is 17.0. The van der Waals surface area contributed by atoms with E-state index in [1.807, 2.05) is 12.1 Å². The summed E-state index contributed by atoms with van der Waals surface area (Å²) in [6, 6.07) is 21.7. The number of ether oxygens (including phenoxy) is 2. The van der Waals surface area contributed by atoms with Gasteiger partial charge in [0.1, 0.15) is 17.2 Å². The first-order valence-corrected chi connectivity index (χ1v) is 10.7. The van der Waals surface area contributed by atoms with Gasteiger partial charge in [0.2, 0.25) is 6.10 Å². The standard InChI is InChI=1S/C25H24ClNO4/c26-23-7-3-2-6-22(23)24(25(28)29)31-21-14-12-20(13-15-21)30-19-10-8-18(9-11-19)27-16-4-1-5-17-27/h2-3,6-15,24H,1,4-5,16-17H2,(H,28,29). The van der Waals surface area contributed by atoms with E-state index in [2.05, 4.69) is 17.0 Å². The summed E-state index contributed by atoms with van der Waals surface area (Å²) in [6.07, 6.45) is 2.60. The third kappa shape index (κ3) is 5.30. The Bertz CT molecular complexity index is 1010. The van der Waals surface area contributed by atoms with Gasteiger partial charge >= 0.3 is 5.97 Å². The van der Waals surface area contributed by atoms with Gasteiger partial charge in [0.15, 0.2) is 0 Å². The van der Waals surface area contributed by atoms with Gasteiger partial charge in [-0.15, -0.1) is 0 Å². The van der Waals surface area contributed by atoms with Crippen LogP contribution in [0.15, 0.2) is 72.8 Å². The molecule has 1 aliphatic heterocycles. The predicted octanol–water partition coefficient (Wildman–Crippen LogP) is 6.33. The number of benzene rings is 3. The molecule has 0 bridgehead atoms. The molecule has 0 amide bonds. The molecule has 160 valence electrons. The van der Waals surface area contributed by atoms with E-state index in [0.29, 0.717) is 22.1 Å². The Kier molecular flexibility index (Phi) is 6.63. The van der Waals surface area contributed by atoms with Gasteiger partial charge in [-0.05, 0) is 73.9 Å². The highest BCUT2D eigenvalue weighted by Crippen LogP contribution is 2.30. The second-order valence-electron chi connectivity index (χ2n) is 7.47. The number of carboxylic acid groups (broad SMARTS) is 1. The van der Waals surface area contributed by atoms with Crippen molar-refractivity contribution in [1.29, 1.82) is 0 Å². The summed E-state index contributed by atoms with van der Waals surface area (Å²) in [6.45, 7) is 2.21. The summed E-state index contributed by atoms with van der Waals surface area (Å²) in [7, 11) is 0. The largest absolute Gasteiger partial charge is 0.478 e. The minimum Gasteiger partial charge on any atom is -0.478 e. The molecule has 0 aromatic heterocycles. The first kappa shape index (κ1) is 21.1. The Morgan fingerprint density at radius 1 is 0.839 bits per heavy atom. The number of piperidine rings is 1. The Balaban J connectivity index is 1.41. The van der Waals surface area contributed by atoms with E-state index in [-0.39, 0.29) is 0 Å². The first-order chi connectivity index (χ1) is 15.1. The zero-order chi connectivity index (χ0) is 21.6. The Hall–Kier alpha value is -3.18. The molecule has 0 spiro atoms. The summed E-state index contributed by atoms with van der Waals surface area (Å²) < 4.78 is 11.6. The maximum absolute atomic E-state index is 11.7. The van der Waals surface area contributed by atoms with Gasteiger partial charge in [-0.1, -0.05) is 29.8 Å². The molecule has 31 heavy (non-hydrogen) atoms. The Morgan fingerprint density at radius 3 is 2.03 bits per heavy atom. The fourth-order valence-corrected chi connectivity index (χ4v) is 3.91. The molecule has 6 heteroatoms. The van der Waals surface area contributed by atoms with Crippen LogP contribution in [0, 0.1) is 0 Å². The third-order valence-corrected chi connectivity index (χ3v) is 5.63. The van der Waals surface area contributed by atoms with E-state index in [1.54, 1.807) is 48.5 Å². The molecule has 1 atom stereocenters. The van der Waals surface area contributed by atoms with E-state index in [4.69, 9.17) is 21.1 Å². The van der Waals surface area contributed by atoms with Crippen molar-refractivity contribution in [3.8, 4) is 17.2 Å². The number of carboxylic acids is 1. The highest BCUT2D eigenvalue weighted by atomic mass is 35.5. The van der Waals surface area contributed by atoms with Crippen molar-refractivity contribution in [3.05, 3.63) is 83.4 Å². The third-order valence-electron chi connectivity index (χ3n) is 5.28. The van der Waals surface area contributed by atoms with Crippen LogP contribution in [-0.4, -0.2) is 24.2 Å². The maximum Gasteiger partial charge on any atom is 0.349 e. The molecule has 1 unspecified atom stereocenters. The number of nitrogens with zero attached hydrogens (tertiary/aromatic N) is 1. The molecule has 3 aromatic rings. The normalized spacial score (nSPS) is 14.7. The molecule has 0 saturated carbocycles. The lowest BCUT2D eigenvalue weighted by Gasteiger charge is -2.28. The predicted molar refractivity (Wildman–Crippen MR) is 121 cm³/mol. The van der Waals surface area contributed by atoms with Crippen LogP contribution in [0.1, 0.15) is 30.9 Å². The van der Waals surface area contributed by atoms with Crippen LogP contribution in [0.25, 0.3) is 0 Å². The summed E-state index contributed by atoms with van der Waals surface area (Å²) in [4.78, 5) is 14.1. The Morgan fingerprint density at radius 2 is 1.42 bits per heavy atom. The fraction of sp³-hybridized carbons (Fsp3) is 0.240. The summed E-state index contributed by atoms with van der Waals surface area (Å²) in [5.74, 6) is 0.693. The van der Waals surface area contributed by atoms with Gasteiger partial charge in [-0.3, -0.25) is 0 Å². The van der Waals surface area contributed by atoms with Gasteiger partial charge < -0.3 is 19.5 Å². The van der Waals surface area contributed by atoms with Crippen LogP contribution >= 0.6 is 11.6 Å². The van der Waals surface area contributed by atoms with E-state index < -0.39 is 12.1 Å². The summed E-state index contributed by atoms with van der Waals surface area (Å²) in [5, 5.41) is 9.92. The number of hydrogen-bond donors (Lipinski definition) is 1. The highest BCUT2D eigenvalue weighted by Gasteiger charge is 2.24. The number of carbonyl (C=O) groups is 1. The topological polar surface area (TPSA) is 59.0 Å². The number of hydrogen-bond acceptors (Lipinski definition) is 4. The second-order valence-corrected chi connectivity index (χ2v) is 7.88. The van der Waals surface area contributed by atoms with E-state index in [1.165, 1.54) is 24.9 Å². The number of rotatable bonds is 7. The molecule has 1 saturated heterocycles. The molecule has 4 rings (SSSR count). The van der Waals surface area contributed by atoms with Crippen molar-refractivity contribution < 1.29 is 19.4 Å². The lowest BCUT2D eigenvalue weighted by atomic mass is 10.1. The van der Waals surface area contributed by atoms with Gasteiger partial charge in [0.05, 0.1) is 0 Å². The number of halogens is 1. The van der Waals surface area contributed by atoms with Gasteiger partial charge in [-0.2, -0.15) is 0 Å². The first-order valence-electron chi connectivity index (χ1n) is 10.4. The van der Waals surface area contributed by atoms with E-state index in [0.717, 1.165) is 18.8 Å². The lowest BCUT2D eigenvalue weighted by Crippen LogP contribution is -2.29. The molecule has 1 heterocycles. The summed E-state index contributed by atoms with van der Waals surface area (Å²) in [5.41, 5.74) is 1.63. The second kappa shape index (κ2) is 9.75. The molecular formula is C25H24ClNO4. The lowest BCUT2D eigenvalue weighted by molar-refractivity contribution is -0.145. The molecule has 0 radical (unpaired) electrons. The van der Waals surface area contributed by atoms with Gasteiger partial charge in [0, 0.05) is 29.4 Å². The minimum atomic E-state index is -1.19. The van der Waals surface area contributed by atoms with E-state index in [9.17, 15) is 9.90 Å². The average molecular weight is 438 g/mol. The quantitative estimate of drug-likeness (QED) is 0.468. The van der Waals surface area contributed by atoms with Crippen LogP contribution < -0.4 is 14.4 Å². The molecular weight excluding hydrogens is 414 g/mol. The number of aliphatic carboxylic acids is 1. The van der Waals surface area contributed by atoms with Gasteiger partial charge in [0.25, 0.3) is 0 Å². The van der Waals surface area contributed by atoms with Crippen LogP contribution in [0.4, 0.5) is 5.69 Å². The van der Waals surface area contributed by atoms with Crippen molar-refractivity contribution in [3.63, 3.8) is 0 Å². The molecule has 3 aromatic carbocycles. The highest BCUT2D eigenvalue weighted by molar-refractivity contribution is 6.31. The van der Waals surface area contributed by atoms with Crippen LogP contribution in [0.5, 0.6) is 17.2 Å². The number of anilines is 1. The van der Waals surface area contributed by atoms with Crippen LogP contribution in [-0.2, 0) is 4.79 Å². The minimum absolute atomic E-state index is 0.350. The average Bonchev–Trinajstić information content (AvgIpc) is 2.80. The van der Waals surface area contributed by atoms with Crippen LogP contribution in [0.3, 0.4) is 0 Å². The smallest absolute Gasteiger partial charge is 0.349 e. The van der Waals surface area contributed by atoms with Crippen molar-refractivity contribution in [2.75, 3.05) is 18.0 Å². The molecule has 1 N–H and O–H groups in total. The SMILES string of the molecule is O=C(O)C(Oc1ccc(Oc2ccc(N3CCCCC3)cc2)cc1)c1ccccc1Cl. The molecule has 1 fully saturated rings. The van der Waals surface area contributed by atoms with Gasteiger partial charge in [-0.25, -0.2) is 4.79 Å². The molecule has 5 nitrogen and oxygen atoms in total. The molecule has 1 aliphatic rings. The zero-order valence-corrected chi connectivity index (χ0v) is 17.8.